The molecule has 19 heavy (non-hydrogen) atoms. The molecule has 3 N–H and O–H groups in total. The Bertz CT molecular complexity index is 381. The van der Waals surface area contributed by atoms with Gasteiger partial charge in [0.05, 0.1) is 6.61 Å². The predicted molar refractivity (Wildman–Crippen MR) is 76.4 cm³/mol. The second-order valence-electron chi connectivity index (χ2n) is 4.65. The molecule has 5 heteroatoms. The molecular weight excluding hydrogens is 242 g/mol. The number of hydrogen-bond donors (Lipinski definition) is 3. The summed E-state index contributed by atoms with van der Waals surface area (Å²) in [7, 11) is 1.66. The van der Waals surface area contributed by atoms with Crippen LogP contribution >= 0.6 is 0 Å². The minimum atomic E-state index is -0.652. The monoisotopic (exact) mass is 265 g/mol. The summed E-state index contributed by atoms with van der Waals surface area (Å²) in [4.78, 5) is 2.31. The van der Waals surface area contributed by atoms with Crippen molar-refractivity contribution in [2.45, 2.75) is 6.23 Å². The van der Waals surface area contributed by atoms with E-state index in [9.17, 15) is 5.11 Å². The van der Waals surface area contributed by atoms with Gasteiger partial charge in [-0.25, -0.2) is 0 Å². The fourth-order valence-corrected chi connectivity index (χ4v) is 2.32. The molecule has 5 nitrogen and oxygen atoms in total. The van der Waals surface area contributed by atoms with Crippen molar-refractivity contribution in [1.82, 2.24) is 10.6 Å². The van der Waals surface area contributed by atoms with E-state index in [1.165, 1.54) is 0 Å². The normalized spacial score (nSPS) is 17.5. The Labute approximate surface area is 114 Å². The van der Waals surface area contributed by atoms with Crippen LogP contribution in [0.3, 0.4) is 0 Å². The molecule has 0 aliphatic carbocycles. The van der Waals surface area contributed by atoms with Crippen molar-refractivity contribution >= 4 is 5.69 Å². The SMILES string of the molecule is COCCNC(O)c1ccccc1N1CCNCC1. The highest BCUT2D eigenvalue weighted by Crippen LogP contribution is 2.25. The Morgan fingerprint density at radius 1 is 1.37 bits per heavy atom. The molecule has 106 valence electrons. The fourth-order valence-electron chi connectivity index (χ4n) is 2.32. The van der Waals surface area contributed by atoms with Crippen molar-refractivity contribution < 1.29 is 9.84 Å². The van der Waals surface area contributed by atoms with Gasteiger partial charge in [0.2, 0.25) is 0 Å². The van der Waals surface area contributed by atoms with E-state index in [0.29, 0.717) is 13.2 Å². The molecule has 1 aliphatic rings. The molecule has 1 aliphatic heterocycles. The maximum Gasteiger partial charge on any atom is 0.133 e. The Morgan fingerprint density at radius 3 is 2.84 bits per heavy atom. The first-order valence-electron chi connectivity index (χ1n) is 6.78. The van der Waals surface area contributed by atoms with Gasteiger partial charge in [0.15, 0.2) is 0 Å². The van der Waals surface area contributed by atoms with Crippen molar-refractivity contribution in [2.24, 2.45) is 0 Å². The molecule has 2 rings (SSSR count). The van der Waals surface area contributed by atoms with E-state index in [-0.39, 0.29) is 0 Å². The summed E-state index contributed by atoms with van der Waals surface area (Å²) in [5, 5.41) is 16.7. The first kappa shape index (κ1) is 14.3. The maximum atomic E-state index is 10.2. The molecule has 1 aromatic carbocycles. The molecule has 1 heterocycles. The van der Waals surface area contributed by atoms with E-state index in [4.69, 9.17) is 4.74 Å². The summed E-state index contributed by atoms with van der Waals surface area (Å²) in [5.41, 5.74) is 2.04. The van der Waals surface area contributed by atoms with Crippen LogP contribution in [0, 0.1) is 0 Å². The number of rotatable bonds is 6. The summed E-state index contributed by atoms with van der Waals surface area (Å²) in [5.74, 6) is 0. The van der Waals surface area contributed by atoms with Gasteiger partial charge in [0, 0.05) is 51.1 Å². The minimum absolute atomic E-state index is 0.590. The molecule has 1 saturated heterocycles. The van der Waals surface area contributed by atoms with Crippen molar-refractivity contribution in [3.05, 3.63) is 29.8 Å². The average Bonchev–Trinajstić information content (AvgIpc) is 2.48. The van der Waals surface area contributed by atoms with Crippen molar-refractivity contribution in [2.75, 3.05) is 51.3 Å². The van der Waals surface area contributed by atoms with Crippen LogP contribution in [0.1, 0.15) is 11.8 Å². The van der Waals surface area contributed by atoms with Gasteiger partial charge in [-0.05, 0) is 6.07 Å². The Kier molecular flexibility index (Phi) is 5.60. The second-order valence-corrected chi connectivity index (χ2v) is 4.65. The largest absolute Gasteiger partial charge is 0.383 e. The number of benzene rings is 1. The molecule has 1 atom stereocenters. The first-order chi connectivity index (χ1) is 9.33. The summed E-state index contributed by atoms with van der Waals surface area (Å²) in [6, 6.07) is 8.02. The third kappa shape index (κ3) is 3.91. The molecule has 0 spiro atoms. The molecule has 0 aromatic heterocycles. The topological polar surface area (TPSA) is 56.8 Å². The Hall–Kier alpha value is -1.14. The molecule has 0 amide bonds. The molecule has 1 fully saturated rings. The quantitative estimate of drug-likeness (QED) is 0.511. The van der Waals surface area contributed by atoms with E-state index in [1.54, 1.807) is 7.11 Å². The highest BCUT2D eigenvalue weighted by Gasteiger charge is 2.17. The summed E-state index contributed by atoms with van der Waals surface area (Å²) in [6.45, 7) is 5.15. The van der Waals surface area contributed by atoms with Gasteiger partial charge in [-0.15, -0.1) is 0 Å². The number of methoxy groups -OCH3 is 1. The molecule has 1 aromatic rings. The van der Waals surface area contributed by atoms with Crippen LogP contribution < -0.4 is 15.5 Å². The van der Waals surface area contributed by atoms with Crippen molar-refractivity contribution in [3.8, 4) is 0 Å². The zero-order valence-corrected chi connectivity index (χ0v) is 11.4. The number of aliphatic hydroxyl groups excluding tert-OH is 1. The molecule has 0 radical (unpaired) electrons. The lowest BCUT2D eigenvalue weighted by Crippen LogP contribution is -2.44. The molecule has 1 unspecified atom stereocenters. The summed E-state index contributed by atoms with van der Waals surface area (Å²) >= 11 is 0. The lowest BCUT2D eigenvalue weighted by atomic mass is 10.1. The average molecular weight is 265 g/mol. The standard InChI is InChI=1S/C14H23N3O2/c1-19-11-8-16-14(18)12-4-2-3-5-13(12)17-9-6-15-7-10-17/h2-5,14-16,18H,6-11H2,1H3. The number of anilines is 1. The Balaban J connectivity index is 2.06. The zero-order valence-electron chi connectivity index (χ0n) is 11.4. The third-order valence-corrected chi connectivity index (χ3v) is 3.33. The highest BCUT2D eigenvalue weighted by molar-refractivity contribution is 5.54. The molecule has 0 bridgehead atoms. The molecule has 0 saturated carbocycles. The Morgan fingerprint density at radius 2 is 2.11 bits per heavy atom. The first-order valence-corrected chi connectivity index (χ1v) is 6.78. The predicted octanol–water partition coefficient (Wildman–Crippen LogP) is 0.323. The van der Waals surface area contributed by atoms with Gasteiger partial charge in [-0.1, -0.05) is 18.2 Å². The van der Waals surface area contributed by atoms with Gasteiger partial charge in [0.25, 0.3) is 0 Å². The molecular formula is C14H23N3O2. The number of nitrogens with one attached hydrogen (secondary N) is 2. The number of piperazine rings is 1. The zero-order chi connectivity index (χ0) is 13.5. The van der Waals surface area contributed by atoms with E-state index in [1.807, 2.05) is 18.2 Å². The van der Waals surface area contributed by atoms with Crippen LogP contribution in [0.25, 0.3) is 0 Å². The van der Waals surface area contributed by atoms with Gasteiger partial charge in [-0.2, -0.15) is 0 Å². The van der Waals surface area contributed by atoms with E-state index in [2.05, 4.69) is 21.6 Å². The van der Waals surface area contributed by atoms with Crippen LogP contribution in [0.4, 0.5) is 5.69 Å². The lowest BCUT2D eigenvalue weighted by Gasteiger charge is -2.32. The van der Waals surface area contributed by atoms with Crippen LogP contribution in [0.2, 0.25) is 0 Å². The van der Waals surface area contributed by atoms with Crippen LogP contribution in [0.15, 0.2) is 24.3 Å². The minimum Gasteiger partial charge on any atom is -0.383 e. The van der Waals surface area contributed by atoms with Gasteiger partial charge < -0.3 is 20.1 Å². The van der Waals surface area contributed by atoms with Crippen LogP contribution in [0.5, 0.6) is 0 Å². The van der Waals surface area contributed by atoms with Crippen molar-refractivity contribution in [1.29, 1.82) is 0 Å². The highest BCUT2D eigenvalue weighted by atomic mass is 16.5. The van der Waals surface area contributed by atoms with E-state index in [0.717, 1.165) is 37.4 Å². The number of para-hydroxylation sites is 1. The summed E-state index contributed by atoms with van der Waals surface area (Å²) in [6.07, 6.45) is -0.652. The van der Waals surface area contributed by atoms with Crippen LogP contribution in [-0.2, 0) is 4.74 Å². The van der Waals surface area contributed by atoms with Gasteiger partial charge in [-0.3, -0.25) is 5.32 Å². The summed E-state index contributed by atoms with van der Waals surface area (Å²) < 4.78 is 4.98. The number of aliphatic hydroxyl groups is 1. The van der Waals surface area contributed by atoms with Crippen molar-refractivity contribution in [3.63, 3.8) is 0 Å². The van der Waals surface area contributed by atoms with E-state index < -0.39 is 6.23 Å². The number of hydrogen-bond acceptors (Lipinski definition) is 5. The van der Waals surface area contributed by atoms with E-state index >= 15 is 0 Å². The maximum absolute atomic E-state index is 10.2. The number of nitrogens with zero attached hydrogens (tertiary/aromatic N) is 1. The van der Waals surface area contributed by atoms with Gasteiger partial charge in [0.1, 0.15) is 6.23 Å². The second kappa shape index (κ2) is 7.45. The smallest absolute Gasteiger partial charge is 0.133 e. The number of ether oxygens (including phenoxy) is 1. The van der Waals surface area contributed by atoms with Crippen LogP contribution in [-0.4, -0.2) is 51.5 Å². The van der Waals surface area contributed by atoms with Gasteiger partial charge >= 0.3 is 0 Å². The third-order valence-electron chi connectivity index (χ3n) is 3.33. The fraction of sp³-hybridized carbons (Fsp3) is 0.571. The lowest BCUT2D eigenvalue weighted by molar-refractivity contribution is 0.119.